The first-order valence-corrected chi connectivity index (χ1v) is 9.42. The van der Waals surface area contributed by atoms with E-state index in [1.807, 2.05) is 66.9 Å². The summed E-state index contributed by atoms with van der Waals surface area (Å²) in [5.74, 6) is 1.32. The van der Waals surface area contributed by atoms with Crippen molar-refractivity contribution >= 4 is 11.6 Å². The molecule has 150 valence electrons. The number of aromatic nitrogens is 2. The molecule has 30 heavy (non-hydrogen) atoms. The van der Waals surface area contributed by atoms with Gasteiger partial charge in [-0.05, 0) is 66.2 Å². The molecule has 4 rings (SSSR count). The van der Waals surface area contributed by atoms with Gasteiger partial charge in [-0.3, -0.25) is 4.79 Å². The zero-order valence-corrected chi connectivity index (χ0v) is 16.7. The summed E-state index contributed by atoms with van der Waals surface area (Å²) in [7, 11) is 3.26. The largest absolute Gasteiger partial charge is 0.497 e. The Balaban J connectivity index is 1.56. The van der Waals surface area contributed by atoms with Crippen LogP contribution in [0.25, 0.3) is 16.8 Å². The molecule has 0 atom stereocenters. The van der Waals surface area contributed by atoms with Crippen molar-refractivity contribution < 1.29 is 14.3 Å². The molecule has 6 heteroatoms. The van der Waals surface area contributed by atoms with Gasteiger partial charge in [-0.25, -0.2) is 4.68 Å². The van der Waals surface area contributed by atoms with E-state index in [9.17, 15) is 4.79 Å². The summed E-state index contributed by atoms with van der Waals surface area (Å²) >= 11 is 0. The molecule has 1 aromatic heterocycles. The fourth-order valence-corrected chi connectivity index (χ4v) is 3.17. The number of carbonyl (C=O) groups excluding carboxylic acids is 1. The molecule has 6 nitrogen and oxygen atoms in total. The highest BCUT2D eigenvalue weighted by Crippen LogP contribution is 2.33. The van der Waals surface area contributed by atoms with Crippen LogP contribution in [0.3, 0.4) is 0 Å². The first-order valence-electron chi connectivity index (χ1n) is 9.42. The van der Waals surface area contributed by atoms with E-state index in [4.69, 9.17) is 9.47 Å². The van der Waals surface area contributed by atoms with E-state index >= 15 is 0 Å². The predicted molar refractivity (Wildman–Crippen MR) is 116 cm³/mol. The first-order chi connectivity index (χ1) is 14.7. The molecule has 0 aliphatic heterocycles. The first kappa shape index (κ1) is 19.3. The van der Waals surface area contributed by atoms with Gasteiger partial charge in [-0.15, -0.1) is 0 Å². The molecule has 1 N–H and O–H groups in total. The van der Waals surface area contributed by atoms with Gasteiger partial charge in [0.2, 0.25) is 0 Å². The number of anilines is 1. The Morgan fingerprint density at radius 2 is 1.70 bits per heavy atom. The second-order valence-electron chi connectivity index (χ2n) is 6.60. The number of hydrogen-bond donors (Lipinski definition) is 1. The van der Waals surface area contributed by atoms with Crippen molar-refractivity contribution in [2.45, 2.75) is 0 Å². The number of nitrogens with one attached hydrogen (secondary N) is 1. The maximum absolute atomic E-state index is 12.7. The summed E-state index contributed by atoms with van der Waals surface area (Å²) in [5.41, 5.74) is 3.98. The standard InChI is InChI=1S/C24H21N3O3/c1-29-21-11-6-17(7-12-21)22-16-19(8-13-23(22)30-2)26-24(28)18-4-9-20(10-5-18)27-15-3-14-25-27/h3-16H,1-2H3,(H,26,28). The number of nitrogens with zero attached hydrogens (tertiary/aromatic N) is 2. The molecule has 0 unspecified atom stereocenters. The van der Waals surface area contributed by atoms with Gasteiger partial charge < -0.3 is 14.8 Å². The van der Waals surface area contributed by atoms with E-state index in [0.29, 0.717) is 11.3 Å². The normalized spacial score (nSPS) is 10.5. The molecular weight excluding hydrogens is 378 g/mol. The Morgan fingerprint density at radius 1 is 0.933 bits per heavy atom. The highest BCUT2D eigenvalue weighted by Gasteiger charge is 2.11. The number of benzene rings is 3. The molecule has 0 fully saturated rings. The smallest absolute Gasteiger partial charge is 0.255 e. The lowest BCUT2D eigenvalue weighted by Crippen LogP contribution is -2.12. The van der Waals surface area contributed by atoms with Crippen LogP contribution in [-0.4, -0.2) is 29.9 Å². The van der Waals surface area contributed by atoms with Crippen molar-refractivity contribution in [3.8, 4) is 28.3 Å². The van der Waals surface area contributed by atoms with E-state index in [-0.39, 0.29) is 5.91 Å². The van der Waals surface area contributed by atoms with E-state index < -0.39 is 0 Å². The highest BCUT2D eigenvalue weighted by molar-refractivity contribution is 6.04. The van der Waals surface area contributed by atoms with Crippen molar-refractivity contribution in [3.63, 3.8) is 0 Å². The van der Waals surface area contributed by atoms with Gasteiger partial charge in [-0.1, -0.05) is 12.1 Å². The van der Waals surface area contributed by atoms with E-state index in [1.165, 1.54) is 0 Å². The van der Waals surface area contributed by atoms with Crippen LogP contribution in [-0.2, 0) is 0 Å². The van der Waals surface area contributed by atoms with Gasteiger partial charge in [-0.2, -0.15) is 5.10 Å². The quantitative estimate of drug-likeness (QED) is 0.505. The van der Waals surface area contributed by atoms with Gasteiger partial charge in [0.05, 0.1) is 19.9 Å². The number of ether oxygens (including phenoxy) is 2. The predicted octanol–water partition coefficient (Wildman–Crippen LogP) is 4.81. The Labute approximate surface area is 174 Å². The van der Waals surface area contributed by atoms with E-state index in [2.05, 4.69) is 10.4 Å². The summed E-state index contributed by atoms with van der Waals surface area (Å²) in [6.07, 6.45) is 3.57. The van der Waals surface area contributed by atoms with Crippen molar-refractivity contribution in [2.24, 2.45) is 0 Å². The monoisotopic (exact) mass is 399 g/mol. The van der Waals surface area contributed by atoms with Crippen LogP contribution >= 0.6 is 0 Å². The maximum Gasteiger partial charge on any atom is 0.255 e. The molecule has 1 amide bonds. The summed E-state index contributed by atoms with van der Waals surface area (Å²) in [6.45, 7) is 0. The highest BCUT2D eigenvalue weighted by atomic mass is 16.5. The van der Waals surface area contributed by atoms with Gasteiger partial charge in [0, 0.05) is 29.2 Å². The van der Waals surface area contributed by atoms with Crippen LogP contribution in [0.4, 0.5) is 5.69 Å². The molecule has 0 saturated heterocycles. The summed E-state index contributed by atoms with van der Waals surface area (Å²) in [6, 6.07) is 22.4. The second-order valence-corrected chi connectivity index (χ2v) is 6.60. The third-order valence-electron chi connectivity index (χ3n) is 4.76. The minimum Gasteiger partial charge on any atom is -0.497 e. The Bertz CT molecular complexity index is 1140. The number of rotatable bonds is 6. The zero-order chi connectivity index (χ0) is 20.9. The van der Waals surface area contributed by atoms with E-state index in [0.717, 1.165) is 28.3 Å². The summed E-state index contributed by atoms with van der Waals surface area (Å²) < 4.78 is 12.5. The fourth-order valence-electron chi connectivity index (χ4n) is 3.17. The maximum atomic E-state index is 12.7. The van der Waals surface area contributed by atoms with Crippen molar-refractivity contribution in [2.75, 3.05) is 19.5 Å². The molecule has 0 radical (unpaired) electrons. The molecule has 0 spiro atoms. The lowest BCUT2D eigenvalue weighted by molar-refractivity contribution is 0.102. The number of amides is 1. The molecule has 0 aliphatic carbocycles. The topological polar surface area (TPSA) is 65.4 Å². The summed E-state index contributed by atoms with van der Waals surface area (Å²) in [5, 5.41) is 7.15. The Morgan fingerprint density at radius 3 is 2.33 bits per heavy atom. The Hall–Kier alpha value is -4.06. The van der Waals surface area contributed by atoms with Crippen LogP contribution in [0, 0.1) is 0 Å². The fraction of sp³-hybridized carbons (Fsp3) is 0.0833. The SMILES string of the molecule is COc1ccc(-c2cc(NC(=O)c3ccc(-n4cccn4)cc3)ccc2OC)cc1. The van der Waals surface area contributed by atoms with Crippen LogP contribution < -0.4 is 14.8 Å². The number of methoxy groups -OCH3 is 2. The minimum atomic E-state index is -0.187. The average molecular weight is 399 g/mol. The van der Waals surface area contributed by atoms with Crippen molar-refractivity contribution in [3.05, 3.63) is 90.8 Å². The van der Waals surface area contributed by atoms with Gasteiger partial charge >= 0.3 is 0 Å². The Kier molecular flexibility index (Phi) is 5.48. The van der Waals surface area contributed by atoms with Crippen LogP contribution in [0.15, 0.2) is 85.2 Å². The van der Waals surface area contributed by atoms with Gasteiger partial charge in [0.1, 0.15) is 11.5 Å². The van der Waals surface area contributed by atoms with Crippen LogP contribution in [0.5, 0.6) is 11.5 Å². The second kappa shape index (κ2) is 8.53. The molecule has 0 saturated carbocycles. The van der Waals surface area contributed by atoms with Gasteiger partial charge in [0.15, 0.2) is 0 Å². The third kappa shape index (κ3) is 4.03. The summed E-state index contributed by atoms with van der Waals surface area (Å²) in [4.78, 5) is 12.7. The molecule has 4 aromatic rings. The molecule has 0 aliphatic rings. The lowest BCUT2D eigenvalue weighted by Gasteiger charge is -2.13. The van der Waals surface area contributed by atoms with Crippen molar-refractivity contribution in [1.82, 2.24) is 9.78 Å². The van der Waals surface area contributed by atoms with E-state index in [1.54, 1.807) is 37.2 Å². The van der Waals surface area contributed by atoms with Gasteiger partial charge in [0.25, 0.3) is 5.91 Å². The number of carbonyl (C=O) groups is 1. The molecule has 0 bridgehead atoms. The average Bonchev–Trinajstić information content (AvgIpc) is 3.34. The van der Waals surface area contributed by atoms with Crippen LogP contribution in [0.2, 0.25) is 0 Å². The molecule has 3 aromatic carbocycles. The van der Waals surface area contributed by atoms with Crippen molar-refractivity contribution in [1.29, 1.82) is 0 Å². The minimum absolute atomic E-state index is 0.187. The van der Waals surface area contributed by atoms with Crippen LogP contribution in [0.1, 0.15) is 10.4 Å². The third-order valence-corrected chi connectivity index (χ3v) is 4.76. The molecular formula is C24H21N3O3. The molecule has 1 heterocycles. The number of hydrogen-bond acceptors (Lipinski definition) is 4. The lowest BCUT2D eigenvalue weighted by atomic mass is 10.0. The zero-order valence-electron chi connectivity index (χ0n) is 16.7.